The fraction of sp³-hybridized carbons (Fsp3) is 0.0667. The van der Waals surface area contributed by atoms with Gasteiger partial charge in [-0.2, -0.15) is 5.10 Å². The highest BCUT2D eigenvalue weighted by molar-refractivity contribution is 5.95. The maximum Gasteiger partial charge on any atom is 0.221 e. The number of carbonyl (C=O) groups is 1. The van der Waals surface area contributed by atoms with E-state index in [1.54, 1.807) is 0 Å². The molecule has 0 saturated heterocycles. The molecule has 19 heavy (non-hydrogen) atoms. The van der Waals surface area contributed by atoms with Crippen LogP contribution in [0.15, 0.2) is 48.7 Å². The molecule has 0 radical (unpaired) electrons. The van der Waals surface area contributed by atoms with Gasteiger partial charge in [0.2, 0.25) is 5.91 Å². The zero-order valence-corrected chi connectivity index (χ0v) is 10.5. The Morgan fingerprint density at radius 2 is 1.95 bits per heavy atom. The third kappa shape index (κ3) is 2.20. The fourth-order valence-corrected chi connectivity index (χ4v) is 2.16. The second kappa shape index (κ2) is 4.57. The van der Waals surface area contributed by atoms with Crippen LogP contribution in [0, 0.1) is 0 Å². The monoisotopic (exact) mass is 251 g/mol. The summed E-state index contributed by atoms with van der Waals surface area (Å²) in [6.45, 7) is 1.50. The van der Waals surface area contributed by atoms with Crippen molar-refractivity contribution in [1.82, 2.24) is 10.2 Å². The molecule has 0 fully saturated rings. The summed E-state index contributed by atoms with van der Waals surface area (Å²) in [7, 11) is 0. The van der Waals surface area contributed by atoms with Crippen LogP contribution < -0.4 is 5.32 Å². The first-order chi connectivity index (χ1) is 9.24. The van der Waals surface area contributed by atoms with Gasteiger partial charge in [0.25, 0.3) is 0 Å². The molecular formula is C15H13N3O. The van der Waals surface area contributed by atoms with Crippen molar-refractivity contribution in [2.45, 2.75) is 6.92 Å². The summed E-state index contributed by atoms with van der Waals surface area (Å²) in [4.78, 5) is 11.0. The normalized spacial score (nSPS) is 10.6. The van der Waals surface area contributed by atoms with Crippen molar-refractivity contribution in [2.75, 3.05) is 5.32 Å². The van der Waals surface area contributed by atoms with Crippen LogP contribution in [0.5, 0.6) is 0 Å². The van der Waals surface area contributed by atoms with Gasteiger partial charge in [0, 0.05) is 18.0 Å². The molecule has 0 aliphatic carbocycles. The first kappa shape index (κ1) is 11.5. The number of rotatable bonds is 2. The molecule has 0 unspecified atom stereocenters. The molecule has 4 nitrogen and oxygen atoms in total. The predicted octanol–water partition coefficient (Wildman–Crippen LogP) is 3.19. The van der Waals surface area contributed by atoms with Crippen LogP contribution >= 0.6 is 0 Å². The highest BCUT2D eigenvalue weighted by Gasteiger charge is 2.05. The van der Waals surface area contributed by atoms with Crippen molar-refractivity contribution in [3.05, 3.63) is 48.7 Å². The average Bonchev–Trinajstić information content (AvgIpc) is 2.87. The van der Waals surface area contributed by atoms with Gasteiger partial charge >= 0.3 is 0 Å². The van der Waals surface area contributed by atoms with E-state index in [0.29, 0.717) is 0 Å². The summed E-state index contributed by atoms with van der Waals surface area (Å²) in [5, 5.41) is 10.9. The zero-order chi connectivity index (χ0) is 13.2. The molecule has 2 N–H and O–H groups in total. The molecule has 1 heterocycles. The first-order valence-corrected chi connectivity index (χ1v) is 6.04. The van der Waals surface area contributed by atoms with Gasteiger partial charge in [0.05, 0.1) is 11.7 Å². The van der Waals surface area contributed by atoms with Crippen LogP contribution in [-0.2, 0) is 4.79 Å². The van der Waals surface area contributed by atoms with Gasteiger partial charge < -0.3 is 5.32 Å². The molecule has 3 rings (SSSR count). The Morgan fingerprint density at radius 1 is 1.16 bits per heavy atom. The van der Waals surface area contributed by atoms with Gasteiger partial charge in [-0.25, -0.2) is 0 Å². The fourth-order valence-electron chi connectivity index (χ4n) is 2.16. The number of carbonyl (C=O) groups excluding carboxylic acids is 1. The Labute approximate surface area is 110 Å². The van der Waals surface area contributed by atoms with Crippen molar-refractivity contribution < 1.29 is 4.79 Å². The summed E-state index contributed by atoms with van der Waals surface area (Å²) in [6.07, 6.45) is 1.83. The first-order valence-electron chi connectivity index (χ1n) is 6.04. The number of hydrogen-bond acceptors (Lipinski definition) is 2. The number of nitrogens with one attached hydrogen (secondary N) is 2. The largest absolute Gasteiger partial charge is 0.326 e. The molecule has 1 amide bonds. The van der Waals surface area contributed by atoms with E-state index in [0.717, 1.165) is 27.7 Å². The molecule has 0 aliphatic heterocycles. The highest BCUT2D eigenvalue weighted by atomic mass is 16.1. The molecule has 3 aromatic rings. The maximum atomic E-state index is 11.0. The molecule has 2 aromatic carbocycles. The number of aromatic nitrogens is 2. The van der Waals surface area contributed by atoms with Crippen LogP contribution in [0.25, 0.3) is 22.0 Å². The Balaban J connectivity index is 2.02. The lowest BCUT2D eigenvalue weighted by Crippen LogP contribution is -2.05. The minimum Gasteiger partial charge on any atom is -0.326 e. The third-order valence-corrected chi connectivity index (χ3v) is 3.00. The van der Waals surface area contributed by atoms with E-state index in [2.05, 4.69) is 21.6 Å². The second-order valence-electron chi connectivity index (χ2n) is 4.40. The van der Waals surface area contributed by atoms with Crippen LogP contribution in [-0.4, -0.2) is 16.1 Å². The Kier molecular flexibility index (Phi) is 2.76. The number of hydrogen-bond donors (Lipinski definition) is 2. The molecule has 94 valence electrons. The number of fused-ring (bicyclic) bond motifs is 1. The highest BCUT2D eigenvalue weighted by Crippen LogP contribution is 2.28. The van der Waals surface area contributed by atoms with Crippen molar-refractivity contribution in [2.24, 2.45) is 0 Å². The predicted molar refractivity (Wildman–Crippen MR) is 75.8 cm³/mol. The zero-order valence-electron chi connectivity index (χ0n) is 10.5. The number of anilines is 1. The van der Waals surface area contributed by atoms with Crippen LogP contribution in [0.4, 0.5) is 5.69 Å². The summed E-state index contributed by atoms with van der Waals surface area (Å²) < 4.78 is 0. The average molecular weight is 251 g/mol. The molecule has 1 aromatic heterocycles. The van der Waals surface area contributed by atoms with Gasteiger partial charge in [-0.1, -0.05) is 24.3 Å². The topological polar surface area (TPSA) is 57.8 Å². The molecule has 0 aliphatic rings. The quantitative estimate of drug-likeness (QED) is 0.734. The lowest BCUT2D eigenvalue weighted by Gasteiger charge is -2.06. The standard InChI is InChI=1S/C15H13N3O/c1-10(19)17-12-7-5-11(6-8-12)13-3-2-4-15-14(13)9-16-18-15/h2-9H,1H3,(H,16,18)(H,17,19). The molecule has 0 saturated carbocycles. The maximum absolute atomic E-state index is 11.0. The Hall–Kier alpha value is -2.62. The molecular weight excluding hydrogens is 238 g/mol. The number of aromatic amines is 1. The Morgan fingerprint density at radius 3 is 2.68 bits per heavy atom. The minimum absolute atomic E-state index is 0.0651. The van der Waals surface area contributed by atoms with Gasteiger partial charge in [0.15, 0.2) is 0 Å². The summed E-state index contributed by atoms with van der Waals surface area (Å²) in [5.74, 6) is -0.0651. The van der Waals surface area contributed by atoms with Gasteiger partial charge in [0.1, 0.15) is 0 Å². The van der Waals surface area contributed by atoms with Crippen molar-refractivity contribution in [3.8, 4) is 11.1 Å². The van der Waals surface area contributed by atoms with Crippen LogP contribution in [0.3, 0.4) is 0 Å². The second-order valence-corrected chi connectivity index (χ2v) is 4.40. The number of H-pyrrole nitrogens is 1. The van der Waals surface area contributed by atoms with E-state index in [-0.39, 0.29) is 5.91 Å². The molecule has 0 atom stereocenters. The van der Waals surface area contributed by atoms with E-state index < -0.39 is 0 Å². The van der Waals surface area contributed by atoms with Crippen LogP contribution in [0.1, 0.15) is 6.92 Å². The van der Waals surface area contributed by atoms with E-state index in [1.165, 1.54) is 6.92 Å². The number of nitrogens with zero attached hydrogens (tertiary/aromatic N) is 1. The third-order valence-electron chi connectivity index (χ3n) is 3.00. The molecule has 0 bridgehead atoms. The van der Waals surface area contributed by atoms with E-state index >= 15 is 0 Å². The number of benzene rings is 2. The lowest BCUT2D eigenvalue weighted by atomic mass is 10.0. The molecule has 4 heteroatoms. The summed E-state index contributed by atoms with van der Waals surface area (Å²) >= 11 is 0. The molecule has 0 spiro atoms. The van der Waals surface area contributed by atoms with Crippen molar-refractivity contribution in [3.63, 3.8) is 0 Å². The van der Waals surface area contributed by atoms with Crippen molar-refractivity contribution in [1.29, 1.82) is 0 Å². The Bertz CT molecular complexity index is 728. The van der Waals surface area contributed by atoms with E-state index in [9.17, 15) is 4.79 Å². The lowest BCUT2D eigenvalue weighted by molar-refractivity contribution is -0.114. The van der Waals surface area contributed by atoms with Gasteiger partial charge in [-0.3, -0.25) is 9.89 Å². The summed E-state index contributed by atoms with van der Waals surface area (Å²) in [5.41, 5.74) is 4.04. The van der Waals surface area contributed by atoms with Crippen molar-refractivity contribution >= 4 is 22.5 Å². The van der Waals surface area contributed by atoms with Gasteiger partial charge in [-0.05, 0) is 29.3 Å². The summed E-state index contributed by atoms with van der Waals surface area (Å²) in [6, 6.07) is 13.8. The SMILES string of the molecule is CC(=O)Nc1ccc(-c2cccc3[nH]ncc23)cc1. The van der Waals surface area contributed by atoms with Crippen LogP contribution in [0.2, 0.25) is 0 Å². The van der Waals surface area contributed by atoms with E-state index in [4.69, 9.17) is 0 Å². The van der Waals surface area contributed by atoms with Gasteiger partial charge in [-0.15, -0.1) is 0 Å². The minimum atomic E-state index is -0.0651. The smallest absolute Gasteiger partial charge is 0.221 e. The van der Waals surface area contributed by atoms with E-state index in [1.807, 2.05) is 42.6 Å². The number of amides is 1.